The van der Waals surface area contributed by atoms with Crippen LogP contribution in [0.25, 0.3) is 22.3 Å². The van der Waals surface area contributed by atoms with E-state index in [0.29, 0.717) is 5.02 Å². The third kappa shape index (κ3) is 2.87. The quantitative estimate of drug-likeness (QED) is 0.706. The highest BCUT2D eigenvalue weighted by Crippen LogP contribution is 2.31. The van der Waals surface area contributed by atoms with Gasteiger partial charge in [-0.15, -0.1) is 0 Å². The van der Waals surface area contributed by atoms with Gasteiger partial charge >= 0.3 is 5.97 Å². The minimum absolute atomic E-state index is 0.226. The third-order valence-electron chi connectivity index (χ3n) is 3.49. The van der Waals surface area contributed by atoms with Crippen molar-refractivity contribution < 1.29 is 9.90 Å². The van der Waals surface area contributed by atoms with Crippen LogP contribution in [0.4, 0.5) is 0 Å². The summed E-state index contributed by atoms with van der Waals surface area (Å²) in [7, 11) is 0. The van der Waals surface area contributed by atoms with Gasteiger partial charge in [0.05, 0.1) is 5.56 Å². The molecule has 0 saturated heterocycles. The van der Waals surface area contributed by atoms with Crippen LogP contribution in [0.2, 0.25) is 5.02 Å². The number of hydrogen-bond acceptors (Lipinski definition) is 1. The van der Waals surface area contributed by atoms with E-state index in [4.69, 9.17) is 16.7 Å². The first-order valence-electron chi connectivity index (χ1n) is 6.84. The zero-order valence-corrected chi connectivity index (χ0v) is 12.4. The molecule has 108 valence electrons. The molecule has 0 saturated carbocycles. The maximum absolute atomic E-state index is 11.1. The van der Waals surface area contributed by atoms with Gasteiger partial charge < -0.3 is 5.11 Å². The SMILES string of the molecule is O=C(O)c1ccc(Cl)c(-c2cccc(-c3ccccc3)c2)c1. The highest BCUT2D eigenvalue weighted by molar-refractivity contribution is 6.33. The molecule has 0 amide bonds. The predicted molar refractivity (Wildman–Crippen MR) is 89.3 cm³/mol. The first-order chi connectivity index (χ1) is 10.6. The van der Waals surface area contributed by atoms with Gasteiger partial charge in [0.2, 0.25) is 0 Å². The van der Waals surface area contributed by atoms with Gasteiger partial charge in [-0.05, 0) is 41.0 Å². The average molecular weight is 309 g/mol. The fourth-order valence-corrected chi connectivity index (χ4v) is 2.60. The van der Waals surface area contributed by atoms with Crippen LogP contribution < -0.4 is 0 Å². The number of carboxylic acids is 1. The summed E-state index contributed by atoms with van der Waals surface area (Å²) in [6.07, 6.45) is 0. The van der Waals surface area contributed by atoms with E-state index < -0.39 is 5.97 Å². The Kier molecular flexibility index (Phi) is 3.94. The Morgan fingerprint density at radius 2 is 1.45 bits per heavy atom. The van der Waals surface area contributed by atoms with Crippen molar-refractivity contribution in [3.8, 4) is 22.3 Å². The molecule has 1 N–H and O–H groups in total. The fourth-order valence-electron chi connectivity index (χ4n) is 2.38. The predicted octanol–water partition coefficient (Wildman–Crippen LogP) is 5.37. The number of hydrogen-bond donors (Lipinski definition) is 1. The minimum Gasteiger partial charge on any atom is -0.478 e. The Labute approximate surface area is 133 Å². The molecular formula is C19H13ClO2. The van der Waals surface area contributed by atoms with E-state index in [1.165, 1.54) is 6.07 Å². The van der Waals surface area contributed by atoms with Crippen LogP contribution in [0.5, 0.6) is 0 Å². The molecule has 3 aromatic rings. The van der Waals surface area contributed by atoms with Crippen LogP contribution in [0, 0.1) is 0 Å². The first-order valence-corrected chi connectivity index (χ1v) is 7.21. The van der Waals surface area contributed by atoms with Crippen LogP contribution in [0.1, 0.15) is 10.4 Å². The normalized spacial score (nSPS) is 10.4. The van der Waals surface area contributed by atoms with Crippen LogP contribution in [-0.4, -0.2) is 11.1 Å². The number of carbonyl (C=O) groups is 1. The fraction of sp³-hybridized carbons (Fsp3) is 0. The molecule has 22 heavy (non-hydrogen) atoms. The molecule has 0 radical (unpaired) electrons. The largest absolute Gasteiger partial charge is 0.478 e. The molecular weight excluding hydrogens is 296 g/mol. The first kappa shape index (κ1) is 14.4. The second kappa shape index (κ2) is 6.04. The van der Waals surface area contributed by atoms with Crippen molar-refractivity contribution in [2.24, 2.45) is 0 Å². The van der Waals surface area contributed by atoms with E-state index in [9.17, 15) is 4.79 Å². The van der Waals surface area contributed by atoms with Crippen LogP contribution in [0.15, 0.2) is 72.8 Å². The summed E-state index contributed by atoms with van der Waals surface area (Å²) in [5.41, 5.74) is 4.02. The van der Waals surface area contributed by atoms with Gasteiger partial charge in [0, 0.05) is 10.6 Å². The number of benzene rings is 3. The van der Waals surface area contributed by atoms with Gasteiger partial charge in [0.25, 0.3) is 0 Å². The van der Waals surface area contributed by atoms with Crippen molar-refractivity contribution >= 4 is 17.6 Å². The molecule has 0 atom stereocenters. The van der Waals surface area contributed by atoms with Crippen molar-refractivity contribution in [2.75, 3.05) is 0 Å². The highest BCUT2D eigenvalue weighted by atomic mass is 35.5. The molecule has 0 aliphatic heterocycles. The lowest BCUT2D eigenvalue weighted by Gasteiger charge is -2.09. The average Bonchev–Trinajstić information content (AvgIpc) is 2.56. The lowest BCUT2D eigenvalue weighted by Crippen LogP contribution is -1.96. The van der Waals surface area contributed by atoms with Crippen molar-refractivity contribution in [3.63, 3.8) is 0 Å². The van der Waals surface area contributed by atoms with E-state index in [2.05, 4.69) is 0 Å². The zero-order valence-electron chi connectivity index (χ0n) is 11.7. The maximum atomic E-state index is 11.1. The molecule has 0 unspecified atom stereocenters. The van der Waals surface area contributed by atoms with Gasteiger partial charge in [-0.3, -0.25) is 0 Å². The van der Waals surface area contributed by atoms with E-state index >= 15 is 0 Å². The number of halogens is 1. The summed E-state index contributed by atoms with van der Waals surface area (Å²) in [5.74, 6) is -0.961. The number of rotatable bonds is 3. The van der Waals surface area contributed by atoms with Crippen molar-refractivity contribution in [2.45, 2.75) is 0 Å². The molecule has 0 spiro atoms. The van der Waals surface area contributed by atoms with E-state index in [0.717, 1.165) is 22.3 Å². The maximum Gasteiger partial charge on any atom is 0.335 e. The second-order valence-corrected chi connectivity index (χ2v) is 5.35. The molecule has 0 aliphatic carbocycles. The van der Waals surface area contributed by atoms with E-state index in [-0.39, 0.29) is 5.56 Å². The lowest BCUT2D eigenvalue weighted by molar-refractivity contribution is 0.0697. The van der Waals surface area contributed by atoms with Gasteiger partial charge in [-0.2, -0.15) is 0 Å². The van der Waals surface area contributed by atoms with Crippen molar-refractivity contribution in [3.05, 3.63) is 83.4 Å². The zero-order chi connectivity index (χ0) is 15.5. The molecule has 0 aliphatic rings. The Morgan fingerprint density at radius 3 is 2.18 bits per heavy atom. The Balaban J connectivity index is 2.10. The lowest BCUT2D eigenvalue weighted by atomic mass is 9.98. The van der Waals surface area contributed by atoms with Crippen LogP contribution in [-0.2, 0) is 0 Å². The van der Waals surface area contributed by atoms with Gasteiger partial charge in [-0.25, -0.2) is 4.79 Å². The Morgan fingerprint density at radius 1 is 0.773 bits per heavy atom. The van der Waals surface area contributed by atoms with E-state index in [1.54, 1.807) is 12.1 Å². The summed E-state index contributed by atoms with van der Waals surface area (Å²) in [4.78, 5) is 11.1. The van der Waals surface area contributed by atoms with Crippen molar-refractivity contribution in [1.82, 2.24) is 0 Å². The van der Waals surface area contributed by atoms with Crippen LogP contribution in [0.3, 0.4) is 0 Å². The summed E-state index contributed by atoms with van der Waals surface area (Å²) in [5, 5.41) is 9.67. The monoisotopic (exact) mass is 308 g/mol. The summed E-state index contributed by atoms with van der Waals surface area (Å²) in [6, 6.07) is 22.7. The van der Waals surface area contributed by atoms with Gasteiger partial charge in [0.15, 0.2) is 0 Å². The van der Waals surface area contributed by atoms with Gasteiger partial charge in [-0.1, -0.05) is 60.1 Å². The van der Waals surface area contributed by atoms with E-state index in [1.807, 2.05) is 54.6 Å². The molecule has 0 fully saturated rings. The standard InChI is InChI=1S/C19H13ClO2/c20-18-10-9-16(19(21)22)12-17(18)15-8-4-7-14(11-15)13-5-2-1-3-6-13/h1-12H,(H,21,22). The molecule has 0 heterocycles. The van der Waals surface area contributed by atoms with Crippen molar-refractivity contribution in [1.29, 1.82) is 0 Å². The molecule has 0 bridgehead atoms. The number of carboxylic acid groups (broad SMARTS) is 1. The second-order valence-electron chi connectivity index (χ2n) is 4.95. The van der Waals surface area contributed by atoms with Gasteiger partial charge in [0.1, 0.15) is 0 Å². The minimum atomic E-state index is -0.961. The van der Waals surface area contributed by atoms with Crippen LogP contribution >= 0.6 is 11.6 Å². The molecule has 3 rings (SSSR count). The Hall–Kier alpha value is -2.58. The molecule has 3 heteroatoms. The Bertz CT molecular complexity index is 826. The smallest absolute Gasteiger partial charge is 0.335 e. The molecule has 3 aromatic carbocycles. The summed E-state index contributed by atoms with van der Waals surface area (Å²) in [6.45, 7) is 0. The third-order valence-corrected chi connectivity index (χ3v) is 3.82. The topological polar surface area (TPSA) is 37.3 Å². The highest BCUT2D eigenvalue weighted by Gasteiger charge is 2.10. The summed E-state index contributed by atoms with van der Waals surface area (Å²) < 4.78 is 0. The summed E-state index contributed by atoms with van der Waals surface area (Å²) >= 11 is 6.24. The molecule has 0 aromatic heterocycles. The molecule has 2 nitrogen and oxygen atoms in total. The number of aromatic carboxylic acids is 1.